The Kier molecular flexibility index (Phi) is 4.15. The minimum absolute atomic E-state index is 0.0523. The van der Waals surface area contributed by atoms with Gasteiger partial charge in [-0.3, -0.25) is 0 Å². The van der Waals surface area contributed by atoms with Crippen LogP contribution in [0.5, 0.6) is 0 Å². The molecule has 20 heavy (non-hydrogen) atoms. The summed E-state index contributed by atoms with van der Waals surface area (Å²) in [5.41, 5.74) is 0. The molecule has 1 heterocycles. The molecular formula is C15H30O4Si. The molecule has 0 radical (unpaired) electrons. The molecule has 1 saturated carbocycles. The van der Waals surface area contributed by atoms with E-state index >= 15 is 0 Å². The summed E-state index contributed by atoms with van der Waals surface area (Å²) < 4.78 is 18.4. The van der Waals surface area contributed by atoms with Crippen LogP contribution in [-0.2, 0) is 13.9 Å². The fourth-order valence-corrected chi connectivity index (χ4v) is 4.14. The van der Waals surface area contributed by atoms with Crippen molar-refractivity contribution >= 4 is 8.32 Å². The number of hydrogen-bond donors (Lipinski definition) is 1. The van der Waals surface area contributed by atoms with E-state index in [2.05, 4.69) is 33.9 Å². The van der Waals surface area contributed by atoms with Gasteiger partial charge in [0.15, 0.2) is 14.1 Å². The maximum Gasteiger partial charge on any atom is 0.192 e. The first kappa shape index (κ1) is 16.4. The molecule has 1 aliphatic heterocycles. The summed E-state index contributed by atoms with van der Waals surface area (Å²) in [5.74, 6) is -0.575. The highest BCUT2D eigenvalue weighted by atomic mass is 28.4. The molecule has 5 heteroatoms. The first-order chi connectivity index (χ1) is 8.91. The van der Waals surface area contributed by atoms with Crippen molar-refractivity contribution in [3.63, 3.8) is 0 Å². The van der Waals surface area contributed by atoms with Crippen molar-refractivity contribution in [3.8, 4) is 0 Å². The summed E-state index contributed by atoms with van der Waals surface area (Å²) in [6.45, 7) is 15.0. The SMILES string of the molecule is CC1(C)O[C@@H]2[C@@H](CC(O)C[C@H]2O[Si](C)(C)C(C)(C)C)O1. The molecule has 0 aromatic rings. The minimum atomic E-state index is -1.87. The lowest BCUT2D eigenvalue weighted by molar-refractivity contribution is -0.152. The third-order valence-corrected chi connectivity index (χ3v) is 9.35. The summed E-state index contributed by atoms with van der Waals surface area (Å²) >= 11 is 0. The van der Waals surface area contributed by atoms with Crippen LogP contribution in [0, 0.1) is 0 Å². The van der Waals surface area contributed by atoms with Crippen LogP contribution in [0.3, 0.4) is 0 Å². The fourth-order valence-electron chi connectivity index (χ4n) is 2.80. The number of aliphatic hydroxyl groups is 1. The highest BCUT2D eigenvalue weighted by Crippen LogP contribution is 2.43. The molecule has 2 fully saturated rings. The average molecular weight is 302 g/mol. The Morgan fingerprint density at radius 2 is 1.75 bits per heavy atom. The van der Waals surface area contributed by atoms with Gasteiger partial charge in [-0.25, -0.2) is 0 Å². The largest absolute Gasteiger partial charge is 0.411 e. The van der Waals surface area contributed by atoms with Gasteiger partial charge in [0.1, 0.15) is 6.10 Å². The third-order valence-electron chi connectivity index (χ3n) is 4.85. The van der Waals surface area contributed by atoms with E-state index in [1.165, 1.54) is 0 Å². The van der Waals surface area contributed by atoms with Gasteiger partial charge in [0.05, 0.1) is 18.3 Å². The first-order valence-corrected chi connectivity index (χ1v) is 10.5. The predicted octanol–water partition coefficient (Wildman–Crippen LogP) is 3.05. The Balaban J connectivity index is 2.14. The van der Waals surface area contributed by atoms with Crippen molar-refractivity contribution in [1.29, 1.82) is 0 Å². The smallest absolute Gasteiger partial charge is 0.192 e. The van der Waals surface area contributed by atoms with Crippen molar-refractivity contribution in [3.05, 3.63) is 0 Å². The topological polar surface area (TPSA) is 47.9 Å². The minimum Gasteiger partial charge on any atom is -0.411 e. The van der Waals surface area contributed by atoms with E-state index in [0.29, 0.717) is 12.8 Å². The van der Waals surface area contributed by atoms with Gasteiger partial charge in [-0.2, -0.15) is 0 Å². The second kappa shape index (κ2) is 5.06. The lowest BCUT2D eigenvalue weighted by Crippen LogP contribution is -2.53. The van der Waals surface area contributed by atoms with Crippen LogP contribution < -0.4 is 0 Å². The average Bonchev–Trinajstić information content (AvgIpc) is 2.50. The highest BCUT2D eigenvalue weighted by molar-refractivity contribution is 6.74. The van der Waals surface area contributed by atoms with Crippen molar-refractivity contribution in [2.75, 3.05) is 0 Å². The summed E-state index contributed by atoms with van der Waals surface area (Å²) in [6.07, 6.45) is 0.763. The summed E-state index contributed by atoms with van der Waals surface area (Å²) in [7, 11) is -1.87. The molecule has 118 valence electrons. The van der Waals surface area contributed by atoms with E-state index in [1.807, 2.05) is 13.8 Å². The van der Waals surface area contributed by atoms with Gasteiger partial charge < -0.3 is 19.0 Å². The molecule has 0 aromatic heterocycles. The van der Waals surface area contributed by atoms with Crippen molar-refractivity contribution in [2.45, 2.75) is 95.8 Å². The Labute approximate surface area is 123 Å². The maximum atomic E-state index is 10.1. The van der Waals surface area contributed by atoms with Gasteiger partial charge in [-0.05, 0) is 32.0 Å². The number of rotatable bonds is 2. The van der Waals surface area contributed by atoms with Gasteiger partial charge in [-0.15, -0.1) is 0 Å². The Morgan fingerprint density at radius 1 is 1.15 bits per heavy atom. The zero-order chi connectivity index (χ0) is 15.3. The van der Waals surface area contributed by atoms with Crippen LogP contribution in [0.15, 0.2) is 0 Å². The Hall–Kier alpha value is 0.0569. The van der Waals surface area contributed by atoms with Crippen molar-refractivity contribution in [2.24, 2.45) is 0 Å². The van der Waals surface area contributed by atoms with Crippen molar-refractivity contribution in [1.82, 2.24) is 0 Å². The summed E-state index contributed by atoms with van der Waals surface area (Å²) in [4.78, 5) is 0. The summed E-state index contributed by atoms with van der Waals surface area (Å²) in [5, 5.41) is 10.2. The van der Waals surface area contributed by atoms with Gasteiger partial charge in [0.2, 0.25) is 0 Å². The van der Waals surface area contributed by atoms with Gasteiger partial charge in [-0.1, -0.05) is 20.8 Å². The van der Waals surface area contributed by atoms with Gasteiger partial charge in [0, 0.05) is 12.8 Å². The standard InChI is InChI=1S/C15H30O4Si/c1-14(2,3)20(6,7)19-12-9-10(16)8-11-13(12)18-15(4,5)17-11/h10-13,16H,8-9H2,1-7H3/t10?,11-,12-,13-/m1/s1. The monoisotopic (exact) mass is 302 g/mol. The summed E-state index contributed by atoms with van der Waals surface area (Å²) in [6, 6.07) is 0. The molecule has 2 rings (SSSR count). The Bertz CT molecular complexity index is 361. The zero-order valence-corrected chi connectivity index (χ0v) is 14.9. The van der Waals surface area contributed by atoms with Crippen LogP contribution in [0.2, 0.25) is 18.1 Å². The van der Waals surface area contributed by atoms with Crippen LogP contribution in [0.1, 0.15) is 47.5 Å². The molecular weight excluding hydrogens is 272 g/mol. The number of fused-ring (bicyclic) bond motifs is 1. The maximum absolute atomic E-state index is 10.1. The van der Waals surface area contributed by atoms with Crippen LogP contribution in [-0.4, -0.2) is 43.6 Å². The molecule has 0 spiro atoms. The first-order valence-electron chi connectivity index (χ1n) is 7.63. The molecule has 4 nitrogen and oxygen atoms in total. The second-order valence-corrected chi connectivity index (χ2v) is 12.9. The predicted molar refractivity (Wildman–Crippen MR) is 81.1 cm³/mol. The van der Waals surface area contributed by atoms with E-state index in [0.717, 1.165) is 0 Å². The van der Waals surface area contributed by atoms with Crippen LogP contribution in [0.25, 0.3) is 0 Å². The molecule has 1 N–H and O–H groups in total. The van der Waals surface area contributed by atoms with E-state index < -0.39 is 14.1 Å². The van der Waals surface area contributed by atoms with E-state index in [4.69, 9.17) is 13.9 Å². The Morgan fingerprint density at radius 3 is 2.30 bits per heavy atom. The van der Waals surface area contributed by atoms with Crippen LogP contribution >= 0.6 is 0 Å². The second-order valence-electron chi connectivity index (χ2n) is 8.18. The molecule has 1 saturated heterocycles. The molecule has 0 amide bonds. The van der Waals surface area contributed by atoms with Gasteiger partial charge >= 0.3 is 0 Å². The molecule has 0 bridgehead atoms. The molecule has 1 aliphatic carbocycles. The fraction of sp³-hybridized carbons (Fsp3) is 1.00. The highest BCUT2D eigenvalue weighted by Gasteiger charge is 2.52. The van der Waals surface area contributed by atoms with Gasteiger partial charge in [0.25, 0.3) is 0 Å². The van der Waals surface area contributed by atoms with E-state index in [-0.39, 0.29) is 29.5 Å². The van der Waals surface area contributed by atoms with Crippen LogP contribution in [0.4, 0.5) is 0 Å². The lowest BCUT2D eigenvalue weighted by atomic mass is 9.90. The normalized spacial score (nSPS) is 37.8. The zero-order valence-electron chi connectivity index (χ0n) is 13.9. The van der Waals surface area contributed by atoms with E-state index in [9.17, 15) is 5.11 Å². The number of aliphatic hydroxyl groups excluding tert-OH is 1. The molecule has 4 atom stereocenters. The number of hydrogen-bond acceptors (Lipinski definition) is 4. The number of ether oxygens (including phenoxy) is 2. The van der Waals surface area contributed by atoms with Crippen molar-refractivity contribution < 1.29 is 19.0 Å². The van der Waals surface area contributed by atoms with E-state index in [1.54, 1.807) is 0 Å². The molecule has 1 unspecified atom stereocenters. The lowest BCUT2D eigenvalue weighted by Gasteiger charge is -2.43. The third kappa shape index (κ3) is 3.27. The molecule has 0 aromatic carbocycles. The quantitative estimate of drug-likeness (QED) is 0.797. The molecule has 2 aliphatic rings.